The molecule has 0 heterocycles. The third-order valence-corrected chi connectivity index (χ3v) is 3.23. The lowest BCUT2D eigenvalue weighted by Crippen LogP contribution is -2.33. The molecule has 0 aliphatic carbocycles. The highest BCUT2D eigenvalue weighted by atomic mass is 19.3. The van der Waals surface area contributed by atoms with E-state index < -0.39 is 43.7 Å². The zero-order valence-electron chi connectivity index (χ0n) is 12.9. The monoisotopic (exact) mass is 358 g/mol. The largest absolute Gasteiger partial charge is 0.459 e. The summed E-state index contributed by atoms with van der Waals surface area (Å²) in [5, 5.41) is 1.80. The summed E-state index contributed by atoms with van der Waals surface area (Å²) in [5.41, 5.74) is 0. The van der Waals surface area contributed by atoms with Crippen LogP contribution < -0.4 is 4.74 Å². The Kier molecular flexibility index (Phi) is 5.95. The van der Waals surface area contributed by atoms with Crippen molar-refractivity contribution in [1.29, 1.82) is 0 Å². The molecule has 0 aromatic heterocycles. The molecule has 2 aromatic rings. The summed E-state index contributed by atoms with van der Waals surface area (Å²) in [7, 11) is 0. The maximum atomic E-state index is 12.6. The van der Waals surface area contributed by atoms with Crippen LogP contribution in [0.15, 0.2) is 42.5 Å². The fourth-order valence-corrected chi connectivity index (χ4v) is 1.93. The second kappa shape index (κ2) is 7.96. The van der Waals surface area contributed by atoms with E-state index in [0.29, 0.717) is 0 Å². The molecule has 0 bridgehead atoms. The van der Waals surface area contributed by atoms with E-state index in [-0.39, 0.29) is 5.75 Å². The molecule has 0 spiro atoms. The van der Waals surface area contributed by atoms with Crippen LogP contribution in [0.4, 0.5) is 17.6 Å². The van der Waals surface area contributed by atoms with Crippen molar-refractivity contribution in [3.63, 3.8) is 0 Å². The van der Waals surface area contributed by atoms with Crippen LogP contribution in [0.2, 0.25) is 0 Å². The Morgan fingerprint density at radius 3 is 2.28 bits per heavy atom. The number of ether oxygens (including phenoxy) is 2. The van der Waals surface area contributed by atoms with Crippen LogP contribution in [-0.2, 0) is 14.3 Å². The van der Waals surface area contributed by atoms with Gasteiger partial charge in [-0.1, -0.05) is 30.3 Å². The Bertz CT molecular complexity index is 761. The molecule has 2 rings (SSSR count). The van der Waals surface area contributed by atoms with E-state index >= 15 is 0 Å². The molecule has 0 radical (unpaired) electrons. The van der Waals surface area contributed by atoms with E-state index in [1.54, 1.807) is 18.2 Å². The van der Waals surface area contributed by atoms with Crippen molar-refractivity contribution in [2.24, 2.45) is 0 Å². The predicted molar refractivity (Wildman–Crippen MR) is 80.7 cm³/mol. The Hall–Kier alpha value is -2.64. The molecule has 4 nitrogen and oxygen atoms in total. The van der Waals surface area contributed by atoms with Crippen LogP contribution in [0, 0.1) is 0 Å². The minimum Gasteiger partial charge on any atom is -0.459 e. The number of esters is 2. The summed E-state index contributed by atoms with van der Waals surface area (Å²) in [5.74, 6) is -6.11. The first-order valence-electron chi connectivity index (χ1n) is 7.29. The van der Waals surface area contributed by atoms with Crippen LogP contribution in [0.5, 0.6) is 5.75 Å². The van der Waals surface area contributed by atoms with E-state index in [1.807, 2.05) is 24.3 Å². The molecular formula is C17H14F4O4. The van der Waals surface area contributed by atoms with E-state index in [9.17, 15) is 27.2 Å². The SMILES string of the molecule is O=C(CCC(=O)Oc1ccc2ccccc2c1)OCC(F)(F)C(F)F. The number of carbonyl (C=O) groups is 2. The van der Waals surface area contributed by atoms with Crippen LogP contribution in [0.3, 0.4) is 0 Å². The zero-order valence-corrected chi connectivity index (χ0v) is 12.9. The van der Waals surface area contributed by atoms with Gasteiger partial charge in [-0.25, -0.2) is 8.78 Å². The average molecular weight is 358 g/mol. The maximum Gasteiger partial charge on any atom is 0.340 e. The quantitative estimate of drug-likeness (QED) is 0.427. The molecule has 0 saturated heterocycles. The Balaban J connectivity index is 1.80. The summed E-state index contributed by atoms with van der Waals surface area (Å²) < 4.78 is 58.1. The highest BCUT2D eigenvalue weighted by molar-refractivity contribution is 5.85. The van der Waals surface area contributed by atoms with Gasteiger partial charge in [-0.3, -0.25) is 9.59 Å². The van der Waals surface area contributed by atoms with Crippen molar-refractivity contribution < 1.29 is 36.6 Å². The van der Waals surface area contributed by atoms with Gasteiger partial charge in [-0.05, 0) is 22.9 Å². The van der Waals surface area contributed by atoms with Crippen LogP contribution in [0.25, 0.3) is 10.8 Å². The molecule has 0 atom stereocenters. The molecule has 0 aliphatic heterocycles. The van der Waals surface area contributed by atoms with E-state index in [1.165, 1.54) is 0 Å². The summed E-state index contributed by atoms with van der Waals surface area (Å²) in [4.78, 5) is 22.9. The average Bonchev–Trinajstić information content (AvgIpc) is 2.58. The van der Waals surface area contributed by atoms with E-state index in [2.05, 4.69) is 4.74 Å². The van der Waals surface area contributed by atoms with Crippen LogP contribution in [0.1, 0.15) is 12.8 Å². The topological polar surface area (TPSA) is 52.6 Å². The third kappa shape index (κ3) is 5.44. The van der Waals surface area contributed by atoms with Gasteiger partial charge in [0.1, 0.15) is 5.75 Å². The molecule has 0 fully saturated rings. The summed E-state index contributed by atoms with van der Waals surface area (Å²) in [6.45, 7) is -1.73. The van der Waals surface area contributed by atoms with Gasteiger partial charge in [0, 0.05) is 0 Å². The Morgan fingerprint density at radius 1 is 0.960 bits per heavy atom. The number of halogens is 4. The first-order chi connectivity index (χ1) is 11.8. The van der Waals surface area contributed by atoms with Crippen molar-refractivity contribution >= 4 is 22.7 Å². The van der Waals surface area contributed by atoms with Gasteiger partial charge in [0.05, 0.1) is 12.8 Å². The number of hydrogen-bond acceptors (Lipinski definition) is 4. The molecule has 2 aromatic carbocycles. The third-order valence-electron chi connectivity index (χ3n) is 3.23. The minimum atomic E-state index is -4.42. The lowest BCUT2D eigenvalue weighted by atomic mass is 10.1. The van der Waals surface area contributed by atoms with Gasteiger partial charge in [-0.2, -0.15) is 8.78 Å². The molecule has 0 N–H and O–H groups in total. The number of fused-ring (bicyclic) bond motifs is 1. The van der Waals surface area contributed by atoms with Gasteiger partial charge >= 0.3 is 24.3 Å². The van der Waals surface area contributed by atoms with E-state index in [4.69, 9.17) is 4.74 Å². The number of benzene rings is 2. The molecule has 0 saturated carbocycles. The van der Waals surface area contributed by atoms with Crippen LogP contribution >= 0.6 is 0 Å². The predicted octanol–water partition coefficient (Wildman–Crippen LogP) is 3.97. The second-order valence-corrected chi connectivity index (χ2v) is 5.21. The van der Waals surface area contributed by atoms with Gasteiger partial charge < -0.3 is 9.47 Å². The van der Waals surface area contributed by atoms with Crippen molar-refractivity contribution in [3.8, 4) is 5.75 Å². The molecule has 0 unspecified atom stereocenters. The molecule has 134 valence electrons. The molecule has 8 heteroatoms. The first-order valence-corrected chi connectivity index (χ1v) is 7.29. The lowest BCUT2D eigenvalue weighted by Gasteiger charge is -2.14. The van der Waals surface area contributed by atoms with Crippen molar-refractivity contribution in [2.45, 2.75) is 25.2 Å². The normalized spacial score (nSPS) is 11.6. The number of hydrogen-bond donors (Lipinski definition) is 0. The summed E-state index contributed by atoms with van der Waals surface area (Å²) in [6, 6.07) is 12.3. The van der Waals surface area contributed by atoms with Crippen molar-refractivity contribution in [1.82, 2.24) is 0 Å². The molecular weight excluding hydrogens is 344 g/mol. The van der Waals surface area contributed by atoms with Gasteiger partial charge in [0.15, 0.2) is 6.61 Å². The first kappa shape index (κ1) is 18.7. The number of carbonyl (C=O) groups excluding carboxylic acids is 2. The number of rotatable bonds is 7. The molecule has 25 heavy (non-hydrogen) atoms. The zero-order chi connectivity index (χ0) is 18.4. The fraction of sp³-hybridized carbons (Fsp3) is 0.294. The smallest absolute Gasteiger partial charge is 0.340 e. The highest BCUT2D eigenvalue weighted by Crippen LogP contribution is 2.23. The minimum absolute atomic E-state index is 0.265. The highest BCUT2D eigenvalue weighted by Gasteiger charge is 2.42. The summed E-state index contributed by atoms with van der Waals surface area (Å²) >= 11 is 0. The molecule has 0 amide bonds. The van der Waals surface area contributed by atoms with E-state index in [0.717, 1.165) is 10.8 Å². The molecule has 0 aliphatic rings. The fourth-order valence-electron chi connectivity index (χ4n) is 1.93. The second-order valence-electron chi connectivity index (χ2n) is 5.21. The van der Waals surface area contributed by atoms with Crippen molar-refractivity contribution in [2.75, 3.05) is 6.61 Å². The summed E-state index contributed by atoms with van der Waals surface area (Å²) in [6.07, 6.45) is -4.91. The standard InChI is InChI=1S/C17H14F4O4/c18-16(19)17(20,21)10-24-14(22)7-8-15(23)25-13-6-5-11-3-1-2-4-12(11)9-13/h1-6,9,16H,7-8,10H2. The lowest BCUT2D eigenvalue weighted by molar-refractivity contribution is -0.180. The number of alkyl halides is 4. The Labute approximate surface area is 140 Å². The van der Waals surface area contributed by atoms with Gasteiger partial charge in [-0.15, -0.1) is 0 Å². The Morgan fingerprint density at radius 2 is 1.60 bits per heavy atom. The van der Waals surface area contributed by atoms with Gasteiger partial charge in [0.25, 0.3) is 0 Å². The van der Waals surface area contributed by atoms with Gasteiger partial charge in [0.2, 0.25) is 0 Å². The van der Waals surface area contributed by atoms with Crippen LogP contribution in [-0.4, -0.2) is 30.9 Å². The van der Waals surface area contributed by atoms with Crippen molar-refractivity contribution in [3.05, 3.63) is 42.5 Å². The maximum absolute atomic E-state index is 12.6.